The van der Waals surface area contributed by atoms with Gasteiger partial charge in [-0.1, -0.05) is 20.4 Å². The maximum Gasteiger partial charge on any atom is 0.0815 e. The average Bonchev–Trinajstić information content (AvgIpc) is 2.09. The van der Waals surface area contributed by atoms with Gasteiger partial charge in [-0.3, -0.25) is 4.99 Å². The standard InChI is InChI=1S/C10H17N3/c1-5-11-8-10(7-9(3)4)13-12-6-2/h5-6,8-9H,1,7H2,2-4H3/b11-8?,12-6+,13-10-. The van der Waals surface area contributed by atoms with E-state index in [1.54, 1.807) is 12.4 Å². The Morgan fingerprint density at radius 3 is 2.62 bits per heavy atom. The van der Waals surface area contributed by atoms with Gasteiger partial charge >= 0.3 is 0 Å². The van der Waals surface area contributed by atoms with Gasteiger partial charge in [-0.2, -0.15) is 10.2 Å². The van der Waals surface area contributed by atoms with Crippen LogP contribution >= 0.6 is 0 Å². The molecule has 0 rings (SSSR count). The minimum absolute atomic E-state index is 0.557. The van der Waals surface area contributed by atoms with Crippen molar-refractivity contribution >= 4 is 18.1 Å². The van der Waals surface area contributed by atoms with E-state index in [1.165, 1.54) is 6.20 Å². The van der Waals surface area contributed by atoms with Crippen molar-refractivity contribution in [3.8, 4) is 0 Å². The molecule has 0 aliphatic heterocycles. The summed E-state index contributed by atoms with van der Waals surface area (Å²) in [4.78, 5) is 3.91. The Kier molecular flexibility index (Phi) is 6.69. The van der Waals surface area contributed by atoms with Crippen molar-refractivity contribution < 1.29 is 0 Å². The van der Waals surface area contributed by atoms with E-state index in [0.717, 1.165) is 12.1 Å². The molecule has 0 aromatic heterocycles. The van der Waals surface area contributed by atoms with Crippen LogP contribution in [0.3, 0.4) is 0 Å². The van der Waals surface area contributed by atoms with Gasteiger partial charge in [0.25, 0.3) is 0 Å². The van der Waals surface area contributed by atoms with Gasteiger partial charge in [0.1, 0.15) is 0 Å². The Labute approximate surface area is 80.0 Å². The summed E-state index contributed by atoms with van der Waals surface area (Å²) in [5.74, 6) is 0.557. The monoisotopic (exact) mass is 179 g/mol. The quantitative estimate of drug-likeness (QED) is 0.459. The molecule has 0 amide bonds. The minimum atomic E-state index is 0.557. The maximum absolute atomic E-state index is 4.01. The van der Waals surface area contributed by atoms with Crippen LogP contribution in [0, 0.1) is 5.92 Å². The third-order valence-electron chi connectivity index (χ3n) is 1.25. The summed E-state index contributed by atoms with van der Waals surface area (Å²) in [7, 11) is 0. The molecule has 0 aromatic carbocycles. The highest BCUT2D eigenvalue weighted by Crippen LogP contribution is 2.00. The molecule has 0 fully saturated rings. The number of nitrogens with zero attached hydrogens (tertiary/aromatic N) is 3. The predicted molar refractivity (Wildman–Crippen MR) is 59.7 cm³/mol. The molecule has 0 atom stereocenters. The van der Waals surface area contributed by atoms with Crippen molar-refractivity contribution in [2.45, 2.75) is 27.2 Å². The first-order valence-electron chi connectivity index (χ1n) is 4.39. The Hall–Kier alpha value is -1.25. The molecule has 0 unspecified atom stereocenters. The van der Waals surface area contributed by atoms with E-state index < -0.39 is 0 Å². The maximum atomic E-state index is 4.01. The zero-order chi connectivity index (χ0) is 10.1. The summed E-state index contributed by atoms with van der Waals surface area (Å²) in [5.41, 5.74) is 0.882. The fourth-order valence-electron chi connectivity index (χ4n) is 0.808. The van der Waals surface area contributed by atoms with Gasteiger partial charge in [0.15, 0.2) is 0 Å². The van der Waals surface area contributed by atoms with Gasteiger partial charge in [-0.25, -0.2) is 0 Å². The lowest BCUT2D eigenvalue weighted by atomic mass is 10.1. The Balaban J connectivity index is 4.35. The molecule has 3 heteroatoms. The molecule has 0 saturated carbocycles. The molecule has 0 aromatic rings. The molecule has 0 saturated heterocycles. The topological polar surface area (TPSA) is 37.1 Å². The zero-order valence-electron chi connectivity index (χ0n) is 8.57. The van der Waals surface area contributed by atoms with Crippen LogP contribution in [0.5, 0.6) is 0 Å². The van der Waals surface area contributed by atoms with Gasteiger partial charge in [-0.15, -0.1) is 0 Å². The van der Waals surface area contributed by atoms with Crippen LogP contribution in [0.1, 0.15) is 27.2 Å². The summed E-state index contributed by atoms with van der Waals surface area (Å²) in [5, 5.41) is 7.82. The van der Waals surface area contributed by atoms with Gasteiger partial charge < -0.3 is 0 Å². The first kappa shape index (κ1) is 11.8. The van der Waals surface area contributed by atoms with Crippen LogP contribution < -0.4 is 0 Å². The van der Waals surface area contributed by atoms with Gasteiger partial charge in [0.2, 0.25) is 0 Å². The first-order chi connectivity index (χ1) is 6.20. The van der Waals surface area contributed by atoms with Gasteiger partial charge in [-0.05, 0) is 19.3 Å². The molecular formula is C10H17N3. The summed E-state index contributed by atoms with van der Waals surface area (Å²) in [6, 6.07) is 0. The Morgan fingerprint density at radius 1 is 1.46 bits per heavy atom. The van der Waals surface area contributed by atoms with E-state index in [-0.39, 0.29) is 0 Å². The molecule has 0 aliphatic rings. The van der Waals surface area contributed by atoms with Crippen LogP contribution in [0.15, 0.2) is 28.0 Å². The molecular weight excluding hydrogens is 162 g/mol. The van der Waals surface area contributed by atoms with Crippen molar-refractivity contribution in [3.63, 3.8) is 0 Å². The SMILES string of the molecule is C=CN=C/C(CC(C)C)=N\N=C\C. The lowest BCUT2D eigenvalue weighted by Gasteiger charge is -2.01. The molecule has 0 heterocycles. The lowest BCUT2D eigenvalue weighted by molar-refractivity contribution is 0.686. The Bertz CT molecular complexity index is 224. The molecule has 0 spiro atoms. The van der Waals surface area contributed by atoms with Crippen LogP contribution in [0.4, 0.5) is 0 Å². The van der Waals surface area contributed by atoms with E-state index in [2.05, 4.69) is 35.6 Å². The molecule has 0 radical (unpaired) electrons. The fourth-order valence-corrected chi connectivity index (χ4v) is 0.808. The highest BCUT2D eigenvalue weighted by atomic mass is 15.2. The van der Waals surface area contributed by atoms with Crippen LogP contribution in [-0.2, 0) is 0 Å². The molecule has 0 N–H and O–H groups in total. The number of aliphatic imine (C=N–C) groups is 1. The second kappa shape index (κ2) is 7.40. The van der Waals surface area contributed by atoms with Gasteiger partial charge in [0.05, 0.1) is 11.9 Å². The molecule has 72 valence electrons. The number of hydrogen-bond donors (Lipinski definition) is 0. The van der Waals surface area contributed by atoms with Crippen molar-refractivity contribution in [2.24, 2.45) is 21.1 Å². The molecule has 13 heavy (non-hydrogen) atoms. The minimum Gasteiger partial charge on any atom is -0.263 e. The predicted octanol–water partition coefficient (Wildman–Crippen LogP) is 2.69. The van der Waals surface area contributed by atoms with E-state index in [9.17, 15) is 0 Å². The smallest absolute Gasteiger partial charge is 0.0815 e. The molecule has 3 nitrogen and oxygen atoms in total. The summed E-state index contributed by atoms with van der Waals surface area (Å²) in [6.45, 7) is 9.60. The normalized spacial score (nSPS) is 13.4. The van der Waals surface area contributed by atoms with E-state index in [0.29, 0.717) is 5.92 Å². The highest BCUT2D eigenvalue weighted by Gasteiger charge is 1.99. The third kappa shape index (κ3) is 7.12. The van der Waals surface area contributed by atoms with Crippen molar-refractivity contribution in [3.05, 3.63) is 12.8 Å². The largest absolute Gasteiger partial charge is 0.263 e. The molecule has 0 aliphatic carbocycles. The summed E-state index contributed by atoms with van der Waals surface area (Å²) >= 11 is 0. The first-order valence-corrected chi connectivity index (χ1v) is 4.39. The van der Waals surface area contributed by atoms with E-state index in [4.69, 9.17) is 0 Å². The van der Waals surface area contributed by atoms with Gasteiger partial charge in [0, 0.05) is 12.4 Å². The summed E-state index contributed by atoms with van der Waals surface area (Å²) in [6.07, 6.45) is 5.72. The summed E-state index contributed by atoms with van der Waals surface area (Å²) < 4.78 is 0. The number of rotatable bonds is 5. The lowest BCUT2D eigenvalue weighted by Crippen LogP contribution is -2.04. The van der Waals surface area contributed by atoms with Crippen LogP contribution in [-0.4, -0.2) is 18.1 Å². The van der Waals surface area contributed by atoms with E-state index >= 15 is 0 Å². The van der Waals surface area contributed by atoms with Crippen molar-refractivity contribution in [1.82, 2.24) is 0 Å². The average molecular weight is 179 g/mol. The Morgan fingerprint density at radius 2 is 2.15 bits per heavy atom. The van der Waals surface area contributed by atoms with Crippen LogP contribution in [0.2, 0.25) is 0 Å². The second-order valence-electron chi connectivity index (χ2n) is 3.02. The number of hydrogen-bond acceptors (Lipinski definition) is 3. The fraction of sp³-hybridized carbons (Fsp3) is 0.500. The van der Waals surface area contributed by atoms with Crippen LogP contribution in [0.25, 0.3) is 0 Å². The van der Waals surface area contributed by atoms with Crippen molar-refractivity contribution in [2.75, 3.05) is 0 Å². The van der Waals surface area contributed by atoms with E-state index in [1.807, 2.05) is 6.92 Å². The highest BCUT2D eigenvalue weighted by molar-refractivity contribution is 6.30. The molecule has 0 bridgehead atoms. The third-order valence-corrected chi connectivity index (χ3v) is 1.25. The zero-order valence-corrected chi connectivity index (χ0v) is 8.57. The second-order valence-corrected chi connectivity index (χ2v) is 3.02. The van der Waals surface area contributed by atoms with Crippen molar-refractivity contribution in [1.29, 1.82) is 0 Å².